The van der Waals surface area contributed by atoms with Crippen molar-refractivity contribution in [1.29, 1.82) is 0 Å². The Morgan fingerprint density at radius 1 is 1.12 bits per heavy atom. The molecule has 6 nitrogen and oxygen atoms in total. The van der Waals surface area contributed by atoms with Crippen LogP contribution in [0.1, 0.15) is 17.1 Å². The van der Waals surface area contributed by atoms with E-state index in [1.54, 1.807) is 6.07 Å². The molecule has 3 N–H and O–H groups in total. The second-order valence-corrected chi connectivity index (χ2v) is 3.71. The molecule has 0 fully saturated rings. The molecule has 2 heterocycles. The van der Waals surface area contributed by atoms with Gasteiger partial charge in [-0.1, -0.05) is 6.07 Å². The summed E-state index contributed by atoms with van der Waals surface area (Å²) in [5, 5.41) is 11.0. The number of nitrogens with two attached hydrogens (primary N) is 1. The molecule has 0 aliphatic heterocycles. The molecule has 0 aliphatic rings. The van der Waals surface area contributed by atoms with Crippen LogP contribution in [-0.2, 0) is 6.54 Å². The summed E-state index contributed by atoms with van der Waals surface area (Å²) < 4.78 is 0. The van der Waals surface area contributed by atoms with Crippen LogP contribution < -0.4 is 11.1 Å². The molecule has 0 amide bonds. The van der Waals surface area contributed by atoms with Crippen molar-refractivity contribution in [1.82, 2.24) is 20.2 Å². The van der Waals surface area contributed by atoms with Crippen LogP contribution in [0.4, 0.5) is 11.8 Å². The molecule has 0 saturated carbocycles. The minimum atomic E-state index is 0.498. The normalized spacial score (nSPS) is 10.2. The molecule has 0 atom stereocenters. The molecule has 0 spiro atoms. The first kappa shape index (κ1) is 11.3. The first-order valence-corrected chi connectivity index (χ1v) is 5.28. The van der Waals surface area contributed by atoms with E-state index in [0.717, 1.165) is 17.1 Å². The van der Waals surface area contributed by atoms with Gasteiger partial charge < -0.3 is 11.1 Å². The predicted molar refractivity (Wildman–Crippen MR) is 65.3 cm³/mol. The van der Waals surface area contributed by atoms with E-state index in [9.17, 15) is 0 Å². The maximum absolute atomic E-state index is 5.59. The second kappa shape index (κ2) is 4.73. The van der Waals surface area contributed by atoms with Gasteiger partial charge in [-0.2, -0.15) is 5.10 Å². The highest BCUT2D eigenvalue weighted by Crippen LogP contribution is 2.05. The first-order chi connectivity index (χ1) is 8.15. The molecular weight excluding hydrogens is 216 g/mol. The highest BCUT2D eigenvalue weighted by Gasteiger charge is 2.01. The standard InChI is InChI=1S/C11H14N6/c1-7-8(2)16-17-11(14-7)13-6-9-4-3-5-10(12)15-9/h3-5H,6H2,1-2H3,(H2,12,15)(H,13,14,17). The summed E-state index contributed by atoms with van der Waals surface area (Å²) in [6.45, 7) is 4.29. The summed E-state index contributed by atoms with van der Waals surface area (Å²) in [6.07, 6.45) is 0. The number of pyridine rings is 1. The van der Waals surface area contributed by atoms with Crippen LogP contribution in [0.15, 0.2) is 18.2 Å². The third-order valence-electron chi connectivity index (χ3n) is 2.35. The van der Waals surface area contributed by atoms with Crippen molar-refractivity contribution in [2.75, 3.05) is 11.1 Å². The highest BCUT2D eigenvalue weighted by molar-refractivity contribution is 5.31. The van der Waals surface area contributed by atoms with Gasteiger partial charge in [-0.15, -0.1) is 5.10 Å². The van der Waals surface area contributed by atoms with Gasteiger partial charge in [0, 0.05) is 0 Å². The van der Waals surface area contributed by atoms with Gasteiger partial charge in [-0.3, -0.25) is 0 Å². The maximum Gasteiger partial charge on any atom is 0.243 e. The molecule has 17 heavy (non-hydrogen) atoms. The number of nitrogen functional groups attached to an aromatic ring is 1. The van der Waals surface area contributed by atoms with Crippen LogP contribution in [0, 0.1) is 13.8 Å². The molecule has 0 bridgehead atoms. The summed E-state index contributed by atoms with van der Waals surface area (Å²) >= 11 is 0. The van der Waals surface area contributed by atoms with E-state index in [4.69, 9.17) is 5.73 Å². The van der Waals surface area contributed by atoms with Gasteiger partial charge >= 0.3 is 0 Å². The number of rotatable bonds is 3. The van der Waals surface area contributed by atoms with E-state index in [-0.39, 0.29) is 0 Å². The molecule has 0 saturated heterocycles. The van der Waals surface area contributed by atoms with Crippen LogP contribution >= 0.6 is 0 Å². The lowest BCUT2D eigenvalue weighted by molar-refractivity contribution is 0.880. The predicted octanol–water partition coefficient (Wildman–Crippen LogP) is 1.08. The SMILES string of the molecule is Cc1nnc(NCc2cccc(N)n2)nc1C. The molecule has 6 heteroatoms. The number of aromatic nitrogens is 4. The van der Waals surface area contributed by atoms with Gasteiger partial charge in [-0.05, 0) is 26.0 Å². The van der Waals surface area contributed by atoms with Gasteiger partial charge in [0.2, 0.25) is 5.95 Å². The Morgan fingerprint density at radius 3 is 2.65 bits per heavy atom. The molecule has 0 aliphatic carbocycles. The van der Waals surface area contributed by atoms with Crippen LogP contribution in [0.2, 0.25) is 0 Å². The average Bonchev–Trinajstić information content (AvgIpc) is 2.31. The minimum absolute atomic E-state index is 0.498. The summed E-state index contributed by atoms with van der Waals surface area (Å²) in [4.78, 5) is 8.43. The molecule has 2 rings (SSSR count). The van der Waals surface area contributed by atoms with Gasteiger partial charge in [0.15, 0.2) is 0 Å². The number of nitrogens with one attached hydrogen (secondary N) is 1. The number of hydrogen-bond acceptors (Lipinski definition) is 6. The molecule has 0 unspecified atom stereocenters. The zero-order chi connectivity index (χ0) is 12.3. The summed E-state index contributed by atoms with van der Waals surface area (Å²) in [5.74, 6) is 1.00. The van der Waals surface area contributed by atoms with Crippen molar-refractivity contribution in [2.24, 2.45) is 0 Å². The number of hydrogen-bond donors (Lipinski definition) is 2. The number of aryl methyl sites for hydroxylation is 2. The largest absolute Gasteiger partial charge is 0.384 e. The Balaban J connectivity index is 2.05. The van der Waals surface area contributed by atoms with Crippen molar-refractivity contribution >= 4 is 11.8 Å². The van der Waals surface area contributed by atoms with Crippen LogP contribution in [0.3, 0.4) is 0 Å². The van der Waals surface area contributed by atoms with Gasteiger partial charge in [0.25, 0.3) is 0 Å². The monoisotopic (exact) mass is 230 g/mol. The summed E-state index contributed by atoms with van der Waals surface area (Å²) in [7, 11) is 0. The van der Waals surface area contributed by atoms with Crippen molar-refractivity contribution in [3.63, 3.8) is 0 Å². The van der Waals surface area contributed by atoms with E-state index >= 15 is 0 Å². The Hall–Kier alpha value is -2.24. The first-order valence-electron chi connectivity index (χ1n) is 5.28. The van der Waals surface area contributed by atoms with Gasteiger partial charge in [-0.25, -0.2) is 9.97 Å². The van der Waals surface area contributed by atoms with E-state index in [1.165, 1.54) is 0 Å². The third kappa shape index (κ3) is 2.87. The maximum atomic E-state index is 5.59. The fourth-order valence-electron chi connectivity index (χ4n) is 1.30. The molecule has 2 aromatic rings. The lowest BCUT2D eigenvalue weighted by atomic mass is 10.3. The second-order valence-electron chi connectivity index (χ2n) is 3.71. The Bertz CT molecular complexity index is 525. The van der Waals surface area contributed by atoms with E-state index < -0.39 is 0 Å². The van der Waals surface area contributed by atoms with Crippen LogP contribution in [-0.4, -0.2) is 20.2 Å². The Labute approximate surface area is 99.3 Å². The van der Waals surface area contributed by atoms with Crippen LogP contribution in [0.5, 0.6) is 0 Å². The lowest BCUT2D eigenvalue weighted by Gasteiger charge is -2.05. The summed E-state index contributed by atoms with van der Waals surface area (Å²) in [5.41, 5.74) is 8.12. The van der Waals surface area contributed by atoms with E-state index in [0.29, 0.717) is 18.3 Å². The van der Waals surface area contributed by atoms with Gasteiger partial charge in [0.05, 0.1) is 23.6 Å². The Kier molecular flexibility index (Phi) is 3.13. The molecule has 2 aromatic heterocycles. The molecule has 0 radical (unpaired) electrons. The van der Waals surface area contributed by atoms with E-state index in [1.807, 2.05) is 26.0 Å². The molecular formula is C11H14N6. The minimum Gasteiger partial charge on any atom is -0.384 e. The van der Waals surface area contributed by atoms with E-state index in [2.05, 4.69) is 25.5 Å². The average molecular weight is 230 g/mol. The lowest BCUT2D eigenvalue weighted by Crippen LogP contribution is -2.08. The molecule has 0 aromatic carbocycles. The smallest absolute Gasteiger partial charge is 0.243 e. The third-order valence-corrected chi connectivity index (χ3v) is 2.35. The fraction of sp³-hybridized carbons (Fsp3) is 0.273. The zero-order valence-electron chi connectivity index (χ0n) is 9.81. The highest BCUT2D eigenvalue weighted by atomic mass is 15.2. The Morgan fingerprint density at radius 2 is 1.94 bits per heavy atom. The fourth-order valence-corrected chi connectivity index (χ4v) is 1.30. The topological polar surface area (TPSA) is 89.6 Å². The van der Waals surface area contributed by atoms with Crippen molar-refractivity contribution < 1.29 is 0 Å². The van der Waals surface area contributed by atoms with Crippen molar-refractivity contribution in [3.05, 3.63) is 35.3 Å². The van der Waals surface area contributed by atoms with Crippen molar-refractivity contribution in [3.8, 4) is 0 Å². The quantitative estimate of drug-likeness (QED) is 0.820. The summed E-state index contributed by atoms with van der Waals surface area (Å²) in [6, 6.07) is 5.49. The number of anilines is 2. The van der Waals surface area contributed by atoms with Gasteiger partial charge in [0.1, 0.15) is 5.82 Å². The zero-order valence-corrected chi connectivity index (χ0v) is 9.81. The van der Waals surface area contributed by atoms with Crippen molar-refractivity contribution in [2.45, 2.75) is 20.4 Å². The number of nitrogens with zero attached hydrogens (tertiary/aromatic N) is 4. The molecule has 88 valence electrons. The van der Waals surface area contributed by atoms with Crippen LogP contribution in [0.25, 0.3) is 0 Å².